The predicted molar refractivity (Wildman–Crippen MR) is 78.8 cm³/mol. The Morgan fingerprint density at radius 1 is 1.37 bits per heavy atom. The van der Waals surface area contributed by atoms with Gasteiger partial charge in [-0.3, -0.25) is 9.36 Å². The summed E-state index contributed by atoms with van der Waals surface area (Å²) < 4.78 is 2.17. The van der Waals surface area contributed by atoms with E-state index in [0.717, 1.165) is 11.1 Å². The number of anilines is 1. The Labute approximate surface area is 118 Å². The Kier molecular flexibility index (Phi) is 3.00. The van der Waals surface area contributed by atoms with Crippen molar-refractivity contribution in [1.82, 2.24) is 9.55 Å². The first-order valence-corrected chi connectivity index (χ1v) is 6.88. The first-order chi connectivity index (χ1) is 9.16. The fourth-order valence-corrected chi connectivity index (χ4v) is 2.94. The third kappa shape index (κ3) is 2.11. The first-order valence-electron chi connectivity index (χ1n) is 5.62. The van der Waals surface area contributed by atoms with Gasteiger partial charge in [-0.25, -0.2) is 4.98 Å². The lowest BCUT2D eigenvalue weighted by Crippen LogP contribution is -2.20. The smallest absolute Gasteiger partial charge is 0.271 e. The van der Waals surface area contributed by atoms with Crippen molar-refractivity contribution in [2.45, 2.75) is 6.54 Å². The Bertz CT molecular complexity index is 789. The molecular weight excluding hydrogens is 282 g/mol. The van der Waals surface area contributed by atoms with Crippen LogP contribution in [0, 0.1) is 0 Å². The van der Waals surface area contributed by atoms with Crippen molar-refractivity contribution in [2.75, 3.05) is 5.73 Å². The molecule has 0 radical (unpaired) electrons. The van der Waals surface area contributed by atoms with Crippen molar-refractivity contribution in [3.63, 3.8) is 0 Å². The predicted octanol–water partition coefficient (Wildman–Crippen LogP) is 2.74. The highest BCUT2D eigenvalue weighted by atomic mass is 35.5. The van der Waals surface area contributed by atoms with E-state index in [-0.39, 0.29) is 5.56 Å². The molecule has 2 aromatic heterocycles. The van der Waals surface area contributed by atoms with E-state index < -0.39 is 0 Å². The summed E-state index contributed by atoms with van der Waals surface area (Å²) in [5, 5.41) is 2.41. The molecular formula is C13H10ClN3OS. The number of nitrogens with two attached hydrogens (primary N) is 1. The maximum atomic E-state index is 12.3. The summed E-state index contributed by atoms with van der Waals surface area (Å²) in [5.74, 6) is 0. The molecule has 1 aromatic carbocycles. The van der Waals surface area contributed by atoms with Crippen LogP contribution >= 0.6 is 22.9 Å². The van der Waals surface area contributed by atoms with Gasteiger partial charge < -0.3 is 5.73 Å². The Morgan fingerprint density at radius 2 is 2.21 bits per heavy atom. The molecule has 0 aliphatic carbocycles. The van der Waals surface area contributed by atoms with Crippen LogP contribution in [0.15, 0.2) is 40.8 Å². The van der Waals surface area contributed by atoms with Crippen LogP contribution in [0.4, 0.5) is 5.69 Å². The number of thiophene rings is 1. The summed E-state index contributed by atoms with van der Waals surface area (Å²) >= 11 is 7.50. The second-order valence-electron chi connectivity index (χ2n) is 4.12. The van der Waals surface area contributed by atoms with Gasteiger partial charge in [-0.2, -0.15) is 0 Å². The van der Waals surface area contributed by atoms with Crippen LogP contribution in [0.2, 0.25) is 5.02 Å². The van der Waals surface area contributed by atoms with Gasteiger partial charge in [-0.15, -0.1) is 11.3 Å². The quantitative estimate of drug-likeness (QED) is 0.739. The van der Waals surface area contributed by atoms with Crippen molar-refractivity contribution < 1.29 is 0 Å². The van der Waals surface area contributed by atoms with Gasteiger partial charge in [0.15, 0.2) is 0 Å². The molecule has 0 aliphatic rings. The molecule has 0 bridgehead atoms. The number of rotatable bonds is 2. The van der Waals surface area contributed by atoms with Crippen LogP contribution in [0.5, 0.6) is 0 Å². The Morgan fingerprint density at radius 3 is 3.00 bits per heavy atom. The van der Waals surface area contributed by atoms with Crippen molar-refractivity contribution >= 4 is 38.8 Å². The molecule has 3 rings (SSSR count). The average molecular weight is 292 g/mol. The van der Waals surface area contributed by atoms with E-state index in [1.807, 2.05) is 11.4 Å². The standard InChI is InChI=1S/C13H10ClN3OS/c14-9-2-1-3-10(15)8(9)6-17-7-16-11-4-5-19-12(11)13(17)18/h1-5,7H,6,15H2. The summed E-state index contributed by atoms with van der Waals surface area (Å²) in [7, 11) is 0. The fourth-order valence-electron chi connectivity index (χ4n) is 1.90. The molecule has 0 amide bonds. The number of nitrogen functional groups attached to an aromatic ring is 1. The van der Waals surface area contributed by atoms with Crippen LogP contribution in [0.25, 0.3) is 10.2 Å². The van der Waals surface area contributed by atoms with Gasteiger partial charge in [0.1, 0.15) is 4.70 Å². The van der Waals surface area contributed by atoms with E-state index in [0.29, 0.717) is 22.0 Å². The van der Waals surface area contributed by atoms with Gasteiger partial charge in [0, 0.05) is 16.3 Å². The maximum Gasteiger partial charge on any atom is 0.271 e. The third-order valence-electron chi connectivity index (χ3n) is 2.92. The van der Waals surface area contributed by atoms with E-state index in [4.69, 9.17) is 17.3 Å². The highest BCUT2D eigenvalue weighted by Gasteiger charge is 2.09. The number of hydrogen-bond donors (Lipinski definition) is 1. The minimum atomic E-state index is -0.0701. The molecule has 6 heteroatoms. The highest BCUT2D eigenvalue weighted by Crippen LogP contribution is 2.22. The lowest BCUT2D eigenvalue weighted by Gasteiger charge is -2.09. The summed E-state index contributed by atoms with van der Waals surface area (Å²) in [5.41, 5.74) is 7.86. The zero-order valence-corrected chi connectivity index (χ0v) is 11.4. The molecule has 2 N–H and O–H groups in total. The maximum absolute atomic E-state index is 12.3. The summed E-state index contributed by atoms with van der Waals surface area (Å²) in [4.78, 5) is 16.5. The largest absolute Gasteiger partial charge is 0.398 e. The van der Waals surface area contributed by atoms with Gasteiger partial charge in [-0.05, 0) is 23.6 Å². The summed E-state index contributed by atoms with van der Waals surface area (Å²) in [6, 6.07) is 7.14. The molecule has 0 aliphatic heterocycles. The molecule has 4 nitrogen and oxygen atoms in total. The minimum Gasteiger partial charge on any atom is -0.398 e. The van der Waals surface area contributed by atoms with E-state index in [2.05, 4.69) is 4.98 Å². The number of fused-ring (bicyclic) bond motifs is 1. The summed E-state index contributed by atoms with van der Waals surface area (Å²) in [6.07, 6.45) is 1.53. The van der Waals surface area contributed by atoms with Gasteiger partial charge in [0.25, 0.3) is 5.56 Å². The van der Waals surface area contributed by atoms with Gasteiger partial charge >= 0.3 is 0 Å². The van der Waals surface area contributed by atoms with Crippen molar-refractivity contribution in [3.8, 4) is 0 Å². The lowest BCUT2D eigenvalue weighted by atomic mass is 10.2. The first kappa shape index (κ1) is 12.2. The van der Waals surface area contributed by atoms with Crippen LogP contribution in [-0.2, 0) is 6.54 Å². The third-order valence-corrected chi connectivity index (χ3v) is 4.17. The van der Waals surface area contributed by atoms with E-state index in [1.165, 1.54) is 22.2 Å². The number of aromatic nitrogens is 2. The zero-order chi connectivity index (χ0) is 13.4. The molecule has 0 unspecified atom stereocenters. The number of benzene rings is 1. The second-order valence-corrected chi connectivity index (χ2v) is 5.44. The van der Waals surface area contributed by atoms with Crippen LogP contribution < -0.4 is 11.3 Å². The molecule has 0 fully saturated rings. The molecule has 3 aromatic rings. The van der Waals surface area contributed by atoms with Crippen LogP contribution in [0.1, 0.15) is 5.56 Å². The molecule has 19 heavy (non-hydrogen) atoms. The monoisotopic (exact) mass is 291 g/mol. The fraction of sp³-hybridized carbons (Fsp3) is 0.0769. The normalized spacial score (nSPS) is 11.0. The number of nitrogens with zero attached hydrogens (tertiary/aromatic N) is 2. The number of hydrogen-bond acceptors (Lipinski definition) is 4. The molecule has 0 saturated carbocycles. The molecule has 0 saturated heterocycles. The van der Waals surface area contributed by atoms with Gasteiger partial charge in [-0.1, -0.05) is 17.7 Å². The molecule has 0 atom stereocenters. The van der Waals surface area contributed by atoms with Gasteiger partial charge in [0.05, 0.1) is 18.4 Å². The SMILES string of the molecule is Nc1cccc(Cl)c1Cn1cnc2ccsc2c1=O. The van der Waals surface area contributed by atoms with Crippen LogP contribution in [0.3, 0.4) is 0 Å². The number of halogens is 1. The van der Waals surface area contributed by atoms with Crippen molar-refractivity contribution in [3.05, 3.63) is 56.9 Å². The zero-order valence-electron chi connectivity index (χ0n) is 9.84. The highest BCUT2D eigenvalue weighted by molar-refractivity contribution is 7.17. The average Bonchev–Trinajstić information content (AvgIpc) is 2.85. The molecule has 96 valence electrons. The van der Waals surface area contributed by atoms with Gasteiger partial charge in [0.2, 0.25) is 0 Å². The van der Waals surface area contributed by atoms with E-state index >= 15 is 0 Å². The van der Waals surface area contributed by atoms with Crippen molar-refractivity contribution in [1.29, 1.82) is 0 Å². The van der Waals surface area contributed by atoms with Crippen molar-refractivity contribution in [2.24, 2.45) is 0 Å². The van der Waals surface area contributed by atoms with Crippen LogP contribution in [-0.4, -0.2) is 9.55 Å². The van der Waals surface area contributed by atoms with E-state index in [9.17, 15) is 4.79 Å². The summed E-state index contributed by atoms with van der Waals surface area (Å²) in [6.45, 7) is 0.325. The van der Waals surface area contributed by atoms with E-state index in [1.54, 1.807) is 18.2 Å². The topological polar surface area (TPSA) is 60.9 Å². The minimum absolute atomic E-state index is 0.0701. The Hall–Kier alpha value is -1.85. The molecule has 0 spiro atoms. The second kappa shape index (κ2) is 4.68. The lowest BCUT2D eigenvalue weighted by molar-refractivity contribution is 0.751. The Balaban J connectivity index is 2.11. The molecule has 2 heterocycles.